The van der Waals surface area contributed by atoms with Crippen LogP contribution in [0.5, 0.6) is 0 Å². The van der Waals surface area contributed by atoms with Crippen LogP contribution in [0, 0.1) is 11.6 Å². The van der Waals surface area contributed by atoms with Crippen LogP contribution in [0.25, 0.3) is 0 Å². The Kier molecular flexibility index (Phi) is 7.70. The van der Waals surface area contributed by atoms with Gasteiger partial charge in [0.25, 0.3) is 0 Å². The third-order valence-corrected chi connectivity index (χ3v) is 4.20. The Bertz CT molecular complexity index is 844. The van der Waals surface area contributed by atoms with E-state index in [1.54, 1.807) is 12.5 Å². The Morgan fingerprint density at radius 2 is 2.26 bits per heavy atom. The second-order valence-corrected chi connectivity index (χ2v) is 6.37. The van der Waals surface area contributed by atoms with Gasteiger partial charge in [0, 0.05) is 32.0 Å². The highest BCUT2D eigenvalue weighted by Gasteiger charge is 2.21. The molecule has 0 atom stereocenters. The number of hydrogen-bond donors (Lipinski definition) is 2. The van der Waals surface area contributed by atoms with Crippen molar-refractivity contribution in [2.45, 2.75) is 6.92 Å². The van der Waals surface area contributed by atoms with E-state index in [0.717, 1.165) is 22.3 Å². The number of rotatable bonds is 7. The zero-order valence-electron chi connectivity index (χ0n) is 14.5. The zero-order valence-corrected chi connectivity index (χ0v) is 16.2. The average Bonchev–Trinajstić information content (AvgIpc) is 3.05. The molecule has 1 aromatic carbocycles. The van der Waals surface area contributed by atoms with Crippen LogP contribution in [0.1, 0.15) is 12.6 Å². The number of ether oxygens (including phenoxy) is 1. The third kappa shape index (κ3) is 6.01. The van der Waals surface area contributed by atoms with Crippen molar-refractivity contribution in [1.82, 2.24) is 15.7 Å². The zero-order chi connectivity index (χ0) is 19.8. The highest BCUT2D eigenvalue weighted by atomic mass is 32.1. The fourth-order valence-corrected chi connectivity index (χ4v) is 2.96. The molecule has 0 radical (unpaired) electrons. The Morgan fingerprint density at radius 3 is 2.93 bits per heavy atom. The average molecular weight is 413 g/mol. The molecule has 27 heavy (non-hydrogen) atoms. The summed E-state index contributed by atoms with van der Waals surface area (Å²) in [7, 11) is 1.58. The molecule has 2 rings (SSSR count). The summed E-state index contributed by atoms with van der Waals surface area (Å²) in [5.41, 5.74) is 2.98. The minimum absolute atomic E-state index is 0.0802. The first-order chi connectivity index (χ1) is 12.9. The van der Waals surface area contributed by atoms with Crippen LogP contribution >= 0.6 is 23.6 Å². The van der Waals surface area contributed by atoms with E-state index in [9.17, 15) is 13.6 Å². The van der Waals surface area contributed by atoms with Gasteiger partial charge in [-0.25, -0.2) is 13.8 Å². The summed E-state index contributed by atoms with van der Waals surface area (Å²) in [5.74, 6) is -2.04. The van der Waals surface area contributed by atoms with E-state index in [0.29, 0.717) is 30.0 Å². The van der Waals surface area contributed by atoms with Gasteiger partial charge in [0.2, 0.25) is 5.91 Å². The molecule has 0 saturated heterocycles. The molecule has 0 unspecified atom stereocenters. The summed E-state index contributed by atoms with van der Waals surface area (Å²) in [5, 5.41) is 9.00. The predicted molar refractivity (Wildman–Crippen MR) is 104 cm³/mol. The number of methoxy groups -OCH3 is 1. The van der Waals surface area contributed by atoms with Gasteiger partial charge in [0.1, 0.15) is 11.6 Å². The van der Waals surface area contributed by atoms with Crippen molar-refractivity contribution in [3.63, 3.8) is 0 Å². The summed E-state index contributed by atoms with van der Waals surface area (Å²) in [6, 6.07) is 2.97. The molecule has 0 spiro atoms. The van der Waals surface area contributed by atoms with Crippen molar-refractivity contribution in [3.05, 3.63) is 40.9 Å². The van der Waals surface area contributed by atoms with Crippen LogP contribution < -0.4 is 15.6 Å². The lowest BCUT2D eigenvalue weighted by atomic mass is 10.2. The molecule has 11 heteroatoms. The lowest BCUT2D eigenvalue weighted by Crippen LogP contribution is -2.34. The summed E-state index contributed by atoms with van der Waals surface area (Å²) in [6.45, 7) is 2.31. The molecule has 1 aromatic heterocycles. The van der Waals surface area contributed by atoms with Crippen LogP contribution in [-0.2, 0) is 9.53 Å². The van der Waals surface area contributed by atoms with Crippen molar-refractivity contribution < 1.29 is 18.3 Å². The second kappa shape index (κ2) is 10.00. The molecule has 0 aliphatic rings. The smallest absolute Gasteiger partial charge is 0.230 e. The van der Waals surface area contributed by atoms with E-state index in [1.165, 1.54) is 19.2 Å². The number of amides is 1. The lowest BCUT2D eigenvalue weighted by Gasteiger charge is -2.18. The fourth-order valence-electron chi connectivity index (χ4n) is 1.97. The van der Waals surface area contributed by atoms with Crippen LogP contribution in [0.3, 0.4) is 0 Å². The van der Waals surface area contributed by atoms with Crippen molar-refractivity contribution in [2.75, 3.05) is 25.2 Å². The number of hydrogen-bond acceptors (Lipinski definition) is 6. The van der Waals surface area contributed by atoms with Crippen molar-refractivity contribution in [1.29, 1.82) is 0 Å². The molecule has 0 aliphatic heterocycles. The normalized spacial score (nSPS) is 10.8. The summed E-state index contributed by atoms with van der Waals surface area (Å²) >= 11 is 6.14. The van der Waals surface area contributed by atoms with E-state index in [1.807, 2.05) is 0 Å². The van der Waals surface area contributed by atoms with Crippen LogP contribution in [-0.4, -0.2) is 42.5 Å². The highest BCUT2D eigenvalue weighted by molar-refractivity contribution is 7.80. The van der Waals surface area contributed by atoms with Crippen LogP contribution in [0.4, 0.5) is 19.6 Å². The molecular formula is C16H17F2N5O2S2. The van der Waals surface area contributed by atoms with E-state index < -0.39 is 17.5 Å². The number of thiazole rings is 1. The van der Waals surface area contributed by atoms with Gasteiger partial charge in [-0.05, 0) is 24.4 Å². The molecular weight excluding hydrogens is 396 g/mol. The minimum Gasteiger partial charge on any atom is -0.383 e. The van der Waals surface area contributed by atoms with Gasteiger partial charge in [-0.1, -0.05) is 0 Å². The van der Waals surface area contributed by atoms with E-state index in [2.05, 4.69) is 20.8 Å². The molecule has 0 saturated carbocycles. The molecule has 0 aliphatic carbocycles. The first kappa shape index (κ1) is 20.8. The molecule has 0 bridgehead atoms. The fraction of sp³-hybridized carbons (Fsp3) is 0.250. The number of hydrazone groups is 1. The topological polar surface area (TPSA) is 78.9 Å². The molecule has 1 heterocycles. The Balaban J connectivity index is 2.08. The number of halogens is 2. The number of anilines is 2. The summed E-state index contributed by atoms with van der Waals surface area (Å²) in [6.07, 6.45) is 1.41. The maximum atomic E-state index is 14.0. The molecule has 7 nitrogen and oxygen atoms in total. The molecule has 2 aromatic rings. The van der Waals surface area contributed by atoms with Gasteiger partial charge in [0.15, 0.2) is 10.2 Å². The molecule has 144 valence electrons. The number of nitrogens with one attached hydrogen (secondary N) is 2. The summed E-state index contributed by atoms with van der Waals surface area (Å²) < 4.78 is 32.1. The van der Waals surface area contributed by atoms with Gasteiger partial charge in [-0.15, -0.1) is 11.3 Å². The number of carbonyl (C=O) groups is 1. The molecule has 2 N–H and O–H groups in total. The predicted octanol–water partition coefficient (Wildman–Crippen LogP) is 2.55. The van der Waals surface area contributed by atoms with Gasteiger partial charge in [0.05, 0.1) is 24.2 Å². The van der Waals surface area contributed by atoms with Crippen molar-refractivity contribution >= 4 is 51.6 Å². The Hall–Kier alpha value is -2.50. The van der Waals surface area contributed by atoms with E-state index in [4.69, 9.17) is 17.0 Å². The third-order valence-electron chi connectivity index (χ3n) is 3.12. The summed E-state index contributed by atoms with van der Waals surface area (Å²) in [4.78, 5) is 17.3. The standard InChI is InChI=1S/C16H17F2N5O2S2/c1-10(24)23(14-4-3-11(17)7-13(14)18)16-21-12(9-27-16)8-20-22-15(26)19-5-6-25-2/h3-4,7-9H,5-6H2,1-2H3,(H2,19,22,26)/b20-8-. The quantitative estimate of drug-likeness (QED) is 0.314. The first-order valence-corrected chi connectivity index (χ1v) is 8.98. The number of thiocarbonyl (C=S) groups is 1. The minimum atomic E-state index is -0.857. The highest BCUT2D eigenvalue weighted by Crippen LogP contribution is 2.30. The SMILES string of the molecule is COCCNC(=S)N/N=C\c1csc(N(C(C)=O)c2ccc(F)cc2F)n1. The van der Waals surface area contributed by atoms with E-state index >= 15 is 0 Å². The second-order valence-electron chi connectivity index (χ2n) is 5.12. The monoisotopic (exact) mass is 413 g/mol. The van der Waals surface area contributed by atoms with Gasteiger partial charge >= 0.3 is 0 Å². The number of carbonyl (C=O) groups excluding carboxylic acids is 1. The van der Waals surface area contributed by atoms with Crippen LogP contribution in [0.15, 0.2) is 28.7 Å². The first-order valence-electron chi connectivity index (χ1n) is 7.69. The van der Waals surface area contributed by atoms with Crippen molar-refractivity contribution in [3.8, 4) is 0 Å². The maximum Gasteiger partial charge on any atom is 0.230 e. The van der Waals surface area contributed by atoms with Crippen molar-refractivity contribution in [2.24, 2.45) is 5.10 Å². The maximum absolute atomic E-state index is 14.0. The van der Waals surface area contributed by atoms with Gasteiger partial charge in [-0.2, -0.15) is 5.10 Å². The Labute approximate surface area is 164 Å². The number of nitrogens with zero attached hydrogens (tertiary/aromatic N) is 3. The van der Waals surface area contributed by atoms with Gasteiger partial charge < -0.3 is 10.1 Å². The molecule has 0 fully saturated rings. The number of benzene rings is 1. The largest absolute Gasteiger partial charge is 0.383 e. The van der Waals surface area contributed by atoms with Gasteiger partial charge in [-0.3, -0.25) is 15.1 Å². The van der Waals surface area contributed by atoms with E-state index in [-0.39, 0.29) is 10.8 Å². The molecule has 1 amide bonds. The number of aromatic nitrogens is 1. The van der Waals surface area contributed by atoms with Crippen LogP contribution in [0.2, 0.25) is 0 Å². The Morgan fingerprint density at radius 1 is 1.48 bits per heavy atom. The lowest BCUT2D eigenvalue weighted by molar-refractivity contribution is -0.115.